The zero-order valence-corrected chi connectivity index (χ0v) is 31.9. The molecule has 2 aliphatic carbocycles. The Bertz CT molecular complexity index is 1830. The van der Waals surface area contributed by atoms with Crippen LogP contribution in [0.15, 0.2) is 24.4 Å². The van der Waals surface area contributed by atoms with E-state index in [1.165, 1.54) is 0 Å². The van der Waals surface area contributed by atoms with Crippen LogP contribution in [0.4, 0.5) is 0 Å². The Morgan fingerprint density at radius 1 is 0.943 bits per heavy atom. The van der Waals surface area contributed by atoms with E-state index in [0.717, 1.165) is 99.1 Å². The molecule has 1 aromatic carbocycles. The molecule has 7 rings (SSSR count). The van der Waals surface area contributed by atoms with Crippen molar-refractivity contribution in [1.29, 1.82) is 0 Å². The molecule has 0 unspecified atom stereocenters. The number of nitrogens with one attached hydrogen (secondary N) is 1. The third kappa shape index (κ3) is 8.57. The van der Waals surface area contributed by atoms with E-state index in [9.17, 15) is 27.6 Å². The summed E-state index contributed by atoms with van der Waals surface area (Å²) in [6.45, 7) is 0.152. The third-order valence-corrected chi connectivity index (χ3v) is 14.3. The Balaban J connectivity index is 1.22. The molecular formula is C41H55N3O8S. The predicted molar refractivity (Wildman–Crippen MR) is 200 cm³/mol. The molecule has 3 aliphatic heterocycles. The van der Waals surface area contributed by atoms with Gasteiger partial charge in [-0.25, -0.2) is 13.4 Å². The van der Waals surface area contributed by atoms with Gasteiger partial charge in [-0.15, -0.1) is 0 Å². The topological polar surface area (TPSA) is 149 Å². The van der Waals surface area contributed by atoms with Gasteiger partial charge in [0, 0.05) is 43.2 Å². The Hall–Kier alpha value is -3.54. The quantitative estimate of drug-likeness (QED) is 0.376. The molecule has 5 atom stereocenters. The first-order chi connectivity index (χ1) is 25.6. The van der Waals surface area contributed by atoms with E-state index in [1.807, 2.05) is 12.1 Å². The van der Waals surface area contributed by atoms with E-state index in [0.29, 0.717) is 38.0 Å². The van der Waals surface area contributed by atoms with Crippen LogP contribution in [0.3, 0.4) is 0 Å². The van der Waals surface area contributed by atoms with Gasteiger partial charge < -0.3 is 14.4 Å². The number of Topliss-reactive ketones (excluding diaryl/α,β-unsaturated/α-hetero) is 2. The van der Waals surface area contributed by atoms with Gasteiger partial charge >= 0.3 is 0 Å². The fourth-order valence-electron chi connectivity index (χ4n) is 9.15. The summed E-state index contributed by atoms with van der Waals surface area (Å²) < 4.78 is 40.5. The number of ketones is 2. The van der Waals surface area contributed by atoms with Crippen molar-refractivity contribution in [2.24, 2.45) is 17.3 Å². The normalized spacial score (nSPS) is 29.6. The number of carbonyl (C=O) groups excluding carboxylic acids is 4. The van der Waals surface area contributed by atoms with Crippen LogP contribution in [-0.4, -0.2) is 72.7 Å². The number of carbonyl (C=O) groups is 4. The van der Waals surface area contributed by atoms with Crippen LogP contribution in [0.25, 0.3) is 10.8 Å². The van der Waals surface area contributed by atoms with E-state index in [-0.39, 0.29) is 49.2 Å². The average Bonchev–Trinajstić information content (AvgIpc) is 4.06. The van der Waals surface area contributed by atoms with Crippen molar-refractivity contribution < 1.29 is 37.1 Å². The van der Waals surface area contributed by atoms with Crippen LogP contribution in [0.2, 0.25) is 0 Å². The molecule has 1 N–H and O–H groups in total. The molecule has 12 heteroatoms. The average molecular weight is 750 g/mol. The smallest absolute Gasteiger partial charge is 0.240 e. The lowest BCUT2D eigenvalue weighted by atomic mass is 9.89. The number of rotatable bonds is 4. The van der Waals surface area contributed by atoms with Crippen LogP contribution in [0.1, 0.15) is 128 Å². The molecule has 2 saturated carbocycles. The molecule has 4 fully saturated rings. The van der Waals surface area contributed by atoms with Crippen molar-refractivity contribution in [1.82, 2.24) is 14.6 Å². The highest BCUT2D eigenvalue weighted by Gasteiger charge is 2.62. The zero-order chi connectivity index (χ0) is 37.2. The van der Waals surface area contributed by atoms with Gasteiger partial charge in [0.25, 0.3) is 0 Å². The Morgan fingerprint density at radius 3 is 2.42 bits per heavy atom. The summed E-state index contributed by atoms with van der Waals surface area (Å²) in [5, 5.41) is 1.19. The second-order valence-corrected chi connectivity index (χ2v) is 18.4. The highest BCUT2D eigenvalue weighted by Crippen LogP contribution is 2.59. The van der Waals surface area contributed by atoms with E-state index >= 15 is 0 Å². The summed E-state index contributed by atoms with van der Waals surface area (Å²) in [7, 11) is -2.12. The van der Waals surface area contributed by atoms with E-state index in [2.05, 4.69) is 15.8 Å². The van der Waals surface area contributed by atoms with Crippen LogP contribution >= 0.6 is 0 Å². The Morgan fingerprint density at radius 2 is 1.66 bits per heavy atom. The van der Waals surface area contributed by atoms with Gasteiger partial charge in [0.1, 0.15) is 17.6 Å². The van der Waals surface area contributed by atoms with Crippen LogP contribution in [0.5, 0.6) is 11.6 Å². The second kappa shape index (κ2) is 16.1. The number of aryl methyl sites for hydroxylation is 1. The number of nitrogens with zero attached hydrogens (tertiary/aromatic N) is 2. The zero-order valence-electron chi connectivity index (χ0n) is 31.1. The lowest BCUT2D eigenvalue weighted by Gasteiger charge is -2.29. The number of aromatic nitrogens is 1. The Labute approximate surface area is 313 Å². The van der Waals surface area contributed by atoms with Gasteiger partial charge in [-0.3, -0.25) is 23.9 Å². The minimum Gasteiger partial charge on any atom is -0.496 e. The fourth-order valence-corrected chi connectivity index (χ4v) is 10.5. The number of pyridine rings is 1. The number of hydrogen-bond acceptors (Lipinski definition) is 9. The molecule has 4 heterocycles. The number of benzene rings is 1. The number of ether oxygens (including phenoxy) is 2. The molecule has 1 aromatic heterocycles. The molecule has 5 bridgehead atoms. The standard InChI is InChI=1S/C41H55N3O8S/c1-51-37-22-27-18-19-42-38-34(27)21-28(37)12-8-4-3-7-11-15-31(45)20-29-13-9-5-2-6-10-14-30-24-41(30,40(48)43-53(49,50)33-16-17-33)25-36(46)35-23-32(52-38)26-44(35)39(29)47/h18-19,21-22,29-30,32-33,35H,2-17,20,23-26H2,1H3,(H,43,48)/t29-,30-,32-,35+,41-/m1/s1. The lowest BCUT2D eigenvalue weighted by Crippen LogP contribution is -2.46. The Kier molecular flexibility index (Phi) is 11.4. The molecule has 0 radical (unpaired) electrons. The third-order valence-electron chi connectivity index (χ3n) is 12.5. The SMILES string of the molecule is COc1cc2ccnc3c2cc1CCCCCCCC(=O)C[C@H]1CCCCCCC[C@@H]2C[C@@]2(C(=O)NS(=O)(=O)C2CC2)CC(=O)[C@@H]2C[C@H](CN2C1=O)O3. The minimum atomic E-state index is -3.79. The molecule has 11 nitrogen and oxygen atoms in total. The number of hydrogen-bond donors (Lipinski definition) is 1. The van der Waals surface area contributed by atoms with Crippen molar-refractivity contribution in [3.63, 3.8) is 0 Å². The summed E-state index contributed by atoms with van der Waals surface area (Å²) in [6.07, 6.45) is 14.8. The number of amides is 2. The maximum atomic E-state index is 14.6. The highest BCUT2D eigenvalue weighted by atomic mass is 32.2. The first-order valence-corrected chi connectivity index (χ1v) is 21.7. The largest absolute Gasteiger partial charge is 0.496 e. The fraction of sp³-hybridized carbons (Fsp3) is 0.683. The molecule has 2 saturated heterocycles. The van der Waals surface area contributed by atoms with E-state index in [4.69, 9.17) is 9.47 Å². The van der Waals surface area contributed by atoms with Gasteiger partial charge in [0.05, 0.1) is 30.4 Å². The van der Waals surface area contributed by atoms with Crippen molar-refractivity contribution >= 4 is 44.2 Å². The predicted octanol–water partition coefficient (Wildman–Crippen LogP) is 6.38. The summed E-state index contributed by atoms with van der Waals surface area (Å²) >= 11 is 0. The molecule has 288 valence electrons. The van der Waals surface area contributed by atoms with Gasteiger partial charge in [0.15, 0.2) is 5.78 Å². The van der Waals surface area contributed by atoms with Gasteiger partial charge in [0.2, 0.25) is 27.7 Å². The maximum Gasteiger partial charge on any atom is 0.240 e. The molecule has 5 aliphatic rings. The van der Waals surface area contributed by atoms with Crippen molar-refractivity contribution in [2.45, 2.75) is 146 Å². The van der Waals surface area contributed by atoms with Crippen LogP contribution in [-0.2, 0) is 35.6 Å². The lowest BCUT2D eigenvalue weighted by molar-refractivity contribution is -0.143. The van der Waals surface area contributed by atoms with Gasteiger partial charge in [-0.1, -0.05) is 51.4 Å². The molecule has 2 amide bonds. The minimum absolute atomic E-state index is 0.0824. The molecule has 53 heavy (non-hydrogen) atoms. The van der Waals surface area contributed by atoms with Crippen LogP contribution < -0.4 is 14.2 Å². The summed E-state index contributed by atoms with van der Waals surface area (Å²) in [5.74, 6) is -0.372. The van der Waals surface area contributed by atoms with Crippen molar-refractivity contribution in [2.75, 3.05) is 13.7 Å². The van der Waals surface area contributed by atoms with Crippen molar-refractivity contribution in [3.8, 4) is 11.6 Å². The van der Waals surface area contributed by atoms with Gasteiger partial charge in [-0.05, 0) is 86.4 Å². The van der Waals surface area contributed by atoms with Gasteiger partial charge in [-0.2, -0.15) is 0 Å². The molecule has 2 aromatic rings. The second-order valence-electron chi connectivity index (χ2n) is 16.4. The summed E-state index contributed by atoms with van der Waals surface area (Å²) in [4.78, 5) is 62.6. The van der Waals surface area contributed by atoms with Crippen LogP contribution in [0, 0.1) is 17.3 Å². The van der Waals surface area contributed by atoms with E-state index in [1.54, 1.807) is 18.2 Å². The monoisotopic (exact) mass is 749 g/mol. The number of methoxy groups -OCH3 is 1. The maximum absolute atomic E-state index is 14.6. The molecule has 0 spiro atoms. The number of fused-ring (bicyclic) bond motifs is 4. The summed E-state index contributed by atoms with van der Waals surface area (Å²) in [5.41, 5.74) is -0.0515. The first-order valence-electron chi connectivity index (χ1n) is 20.1. The summed E-state index contributed by atoms with van der Waals surface area (Å²) in [6, 6.07) is 5.13. The highest BCUT2D eigenvalue weighted by molar-refractivity contribution is 7.90. The van der Waals surface area contributed by atoms with E-state index < -0.39 is 44.7 Å². The molecular weight excluding hydrogens is 695 g/mol. The van der Waals surface area contributed by atoms with Crippen molar-refractivity contribution in [3.05, 3.63) is 30.0 Å². The number of sulfonamides is 1. The first kappa shape index (κ1) is 37.8.